The number of rotatable bonds is 2. The van der Waals surface area contributed by atoms with E-state index in [2.05, 4.69) is 27.7 Å². The van der Waals surface area contributed by atoms with E-state index in [0.717, 1.165) is 20.3 Å². The Labute approximate surface area is 134 Å². The van der Waals surface area contributed by atoms with E-state index >= 15 is 0 Å². The highest BCUT2D eigenvalue weighted by Gasteiger charge is 2.19. The maximum absolute atomic E-state index is 6.25. The van der Waals surface area contributed by atoms with E-state index < -0.39 is 0 Å². The highest BCUT2D eigenvalue weighted by molar-refractivity contribution is 14.1. The minimum atomic E-state index is 0.270. The van der Waals surface area contributed by atoms with Crippen LogP contribution in [0.3, 0.4) is 0 Å². The molecule has 0 fully saturated rings. The molecular formula is C15H10ClIN2O. The first kappa shape index (κ1) is 13.5. The van der Waals surface area contributed by atoms with Gasteiger partial charge >= 0.3 is 0 Å². The van der Waals surface area contributed by atoms with E-state index in [4.69, 9.17) is 21.9 Å². The Morgan fingerprint density at radius 3 is 2.45 bits per heavy atom. The Kier molecular flexibility index (Phi) is 3.67. The van der Waals surface area contributed by atoms with Crippen LogP contribution in [-0.4, -0.2) is 5.16 Å². The Morgan fingerprint density at radius 2 is 1.75 bits per heavy atom. The second kappa shape index (κ2) is 5.46. The fourth-order valence-corrected chi connectivity index (χ4v) is 2.62. The summed E-state index contributed by atoms with van der Waals surface area (Å²) >= 11 is 8.50. The van der Waals surface area contributed by atoms with Gasteiger partial charge in [0.15, 0.2) is 0 Å². The summed E-state index contributed by atoms with van der Waals surface area (Å²) in [5.41, 5.74) is 9.12. The molecule has 3 aromatic rings. The molecule has 0 aliphatic heterocycles. The summed E-state index contributed by atoms with van der Waals surface area (Å²) in [5.74, 6) is 0.270. The molecular weight excluding hydrogens is 387 g/mol. The third-order valence-electron chi connectivity index (χ3n) is 2.98. The molecule has 0 bridgehead atoms. The smallest absolute Gasteiger partial charge is 0.230 e. The first-order valence-electron chi connectivity index (χ1n) is 5.93. The van der Waals surface area contributed by atoms with Gasteiger partial charge < -0.3 is 10.3 Å². The number of aromatic nitrogens is 1. The lowest BCUT2D eigenvalue weighted by Crippen LogP contribution is -1.88. The molecule has 2 N–H and O–H groups in total. The van der Waals surface area contributed by atoms with Crippen LogP contribution in [-0.2, 0) is 0 Å². The third kappa shape index (κ3) is 2.41. The molecule has 100 valence electrons. The summed E-state index contributed by atoms with van der Waals surface area (Å²) in [4.78, 5) is 0. The SMILES string of the molecule is Nc1onc(-c2ccc(I)cc2)c1-c1ccccc1Cl. The number of benzene rings is 2. The van der Waals surface area contributed by atoms with Crippen molar-refractivity contribution in [3.8, 4) is 22.4 Å². The molecule has 5 heteroatoms. The van der Waals surface area contributed by atoms with Gasteiger partial charge in [-0.15, -0.1) is 0 Å². The Bertz CT molecular complexity index is 753. The number of nitrogens with two attached hydrogens (primary N) is 1. The highest BCUT2D eigenvalue weighted by atomic mass is 127. The molecule has 3 rings (SSSR count). The normalized spacial score (nSPS) is 10.7. The van der Waals surface area contributed by atoms with Crippen molar-refractivity contribution in [3.63, 3.8) is 0 Å². The predicted octanol–water partition coefficient (Wildman–Crippen LogP) is 4.85. The maximum atomic E-state index is 6.25. The van der Waals surface area contributed by atoms with Crippen LogP contribution in [0.4, 0.5) is 5.88 Å². The van der Waals surface area contributed by atoms with Crippen LogP contribution < -0.4 is 5.73 Å². The topological polar surface area (TPSA) is 52.0 Å². The van der Waals surface area contributed by atoms with Gasteiger partial charge in [-0.25, -0.2) is 0 Å². The first-order valence-corrected chi connectivity index (χ1v) is 7.38. The Hall–Kier alpha value is -1.53. The molecule has 3 nitrogen and oxygen atoms in total. The number of hydrogen-bond acceptors (Lipinski definition) is 3. The number of anilines is 1. The molecule has 1 heterocycles. The Balaban J connectivity index is 2.20. The largest absolute Gasteiger partial charge is 0.367 e. The molecule has 20 heavy (non-hydrogen) atoms. The van der Waals surface area contributed by atoms with Crippen molar-refractivity contribution in [2.75, 3.05) is 5.73 Å². The molecule has 0 atom stereocenters. The van der Waals surface area contributed by atoms with Gasteiger partial charge in [-0.1, -0.05) is 47.1 Å². The molecule has 0 aliphatic rings. The van der Waals surface area contributed by atoms with Crippen molar-refractivity contribution < 1.29 is 4.52 Å². The number of halogens is 2. The average molecular weight is 397 g/mol. The third-order valence-corrected chi connectivity index (χ3v) is 4.03. The van der Waals surface area contributed by atoms with Gasteiger partial charge in [-0.05, 0) is 40.8 Å². The van der Waals surface area contributed by atoms with Crippen molar-refractivity contribution in [3.05, 3.63) is 57.1 Å². The number of nitrogens with zero attached hydrogens (tertiary/aromatic N) is 1. The number of nitrogen functional groups attached to an aromatic ring is 1. The molecule has 0 spiro atoms. The molecule has 0 aliphatic carbocycles. The van der Waals surface area contributed by atoms with Crippen LogP contribution in [0, 0.1) is 3.57 Å². The standard InChI is InChI=1S/C15H10ClIN2O/c16-12-4-2-1-3-11(12)13-14(19-20-15(13)18)9-5-7-10(17)8-6-9/h1-8H,18H2. The fraction of sp³-hybridized carbons (Fsp3) is 0. The van der Waals surface area contributed by atoms with Crippen LogP contribution in [0.1, 0.15) is 0 Å². The molecule has 0 radical (unpaired) electrons. The quantitative estimate of drug-likeness (QED) is 0.630. The van der Waals surface area contributed by atoms with Gasteiger partial charge in [-0.3, -0.25) is 0 Å². The van der Waals surface area contributed by atoms with Crippen molar-refractivity contribution in [2.24, 2.45) is 0 Å². The first-order chi connectivity index (χ1) is 9.66. The van der Waals surface area contributed by atoms with E-state index in [0.29, 0.717) is 10.7 Å². The summed E-state index contributed by atoms with van der Waals surface area (Å²) in [6.07, 6.45) is 0. The van der Waals surface area contributed by atoms with Gasteiger partial charge in [-0.2, -0.15) is 0 Å². The van der Waals surface area contributed by atoms with Gasteiger partial charge in [0.25, 0.3) is 0 Å². The minimum Gasteiger partial charge on any atom is -0.367 e. The lowest BCUT2D eigenvalue weighted by molar-refractivity contribution is 0.439. The van der Waals surface area contributed by atoms with Crippen molar-refractivity contribution in [2.45, 2.75) is 0 Å². The molecule has 1 aromatic heterocycles. The van der Waals surface area contributed by atoms with E-state index in [1.165, 1.54) is 0 Å². The van der Waals surface area contributed by atoms with Gasteiger partial charge in [0, 0.05) is 19.7 Å². The van der Waals surface area contributed by atoms with Gasteiger partial charge in [0.05, 0.1) is 5.56 Å². The average Bonchev–Trinajstić information content (AvgIpc) is 2.82. The summed E-state index contributed by atoms with van der Waals surface area (Å²) in [6.45, 7) is 0. The van der Waals surface area contributed by atoms with Crippen LogP contribution in [0.2, 0.25) is 5.02 Å². The zero-order valence-electron chi connectivity index (χ0n) is 10.3. The van der Waals surface area contributed by atoms with E-state index in [1.807, 2.05) is 48.5 Å². The zero-order chi connectivity index (χ0) is 14.1. The molecule has 0 unspecified atom stereocenters. The van der Waals surface area contributed by atoms with E-state index in [1.54, 1.807) is 0 Å². The maximum Gasteiger partial charge on any atom is 0.230 e. The van der Waals surface area contributed by atoms with Crippen molar-refractivity contribution in [1.82, 2.24) is 5.16 Å². The number of hydrogen-bond donors (Lipinski definition) is 1. The van der Waals surface area contributed by atoms with Gasteiger partial charge in [0.1, 0.15) is 5.69 Å². The Morgan fingerprint density at radius 1 is 1.05 bits per heavy atom. The monoisotopic (exact) mass is 396 g/mol. The van der Waals surface area contributed by atoms with Crippen LogP contribution in [0.5, 0.6) is 0 Å². The molecule has 0 saturated heterocycles. The summed E-state index contributed by atoms with van der Waals surface area (Å²) in [6, 6.07) is 15.5. The fourth-order valence-electron chi connectivity index (χ4n) is 2.03. The summed E-state index contributed by atoms with van der Waals surface area (Å²) < 4.78 is 6.31. The minimum absolute atomic E-state index is 0.270. The second-order valence-corrected chi connectivity index (χ2v) is 5.91. The highest BCUT2D eigenvalue weighted by Crippen LogP contribution is 2.39. The van der Waals surface area contributed by atoms with Crippen molar-refractivity contribution >= 4 is 40.1 Å². The molecule has 0 saturated carbocycles. The van der Waals surface area contributed by atoms with Crippen LogP contribution in [0.25, 0.3) is 22.4 Å². The summed E-state index contributed by atoms with van der Waals surface area (Å²) in [7, 11) is 0. The van der Waals surface area contributed by atoms with Crippen molar-refractivity contribution in [1.29, 1.82) is 0 Å². The predicted molar refractivity (Wildman–Crippen MR) is 89.5 cm³/mol. The molecule has 0 amide bonds. The molecule has 2 aromatic carbocycles. The lowest BCUT2D eigenvalue weighted by Gasteiger charge is -2.05. The van der Waals surface area contributed by atoms with E-state index in [-0.39, 0.29) is 5.88 Å². The summed E-state index contributed by atoms with van der Waals surface area (Å²) in [5, 5.41) is 4.69. The van der Waals surface area contributed by atoms with E-state index in [9.17, 15) is 0 Å². The van der Waals surface area contributed by atoms with Crippen LogP contribution in [0.15, 0.2) is 53.1 Å². The van der Waals surface area contributed by atoms with Gasteiger partial charge in [0.2, 0.25) is 5.88 Å². The zero-order valence-corrected chi connectivity index (χ0v) is 13.2. The van der Waals surface area contributed by atoms with Crippen LogP contribution >= 0.6 is 34.2 Å². The second-order valence-electron chi connectivity index (χ2n) is 4.26. The lowest BCUT2D eigenvalue weighted by atomic mass is 10.0.